The number of anilines is 1. The Morgan fingerprint density at radius 2 is 2.15 bits per heavy atom. The van der Waals surface area contributed by atoms with Gasteiger partial charge >= 0.3 is 5.97 Å². The number of aromatic carboxylic acids is 1. The van der Waals surface area contributed by atoms with Crippen molar-refractivity contribution >= 4 is 28.3 Å². The molecule has 5 nitrogen and oxygen atoms in total. The summed E-state index contributed by atoms with van der Waals surface area (Å²) >= 11 is 0.969. The number of rotatable bonds is 4. The van der Waals surface area contributed by atoms with Crippen molar-refractivity contribution < 1.29 is 14.7 Å². The number of carboxylic acids is 1. The maximum Gasteiger partial charge on any atom is 0.348 e. The van der Waals surface area contributed by atoms with Crippen molar-refractivity contribution in [2.24, 2.45) is 0 Å². The highest BCUT2D eigenvalue weighted by atomic mass is 32.1. The zero-order chi connectivity index (χ0) is 14.7. The number of thiazole rings is 1. The van der Waals surface area contributed by atoms with Crippen LogP contribution in [0.25, 0.3) is 11.3 Å². The van der Waals surface area contributed by atoms with Gasteiger partial charge in [-0.3, -0.25) is 4.79 Å². The largest absolute Gasteiger partial charge is 0.477 e. The van der Waals surface area contributed by atoms with E-state index < -0.39 is 5.97 Å². The molecular weight excluding hydrogens is 276 g/mol. The van der Waals surface area contributed by atoms with Gasteiger partial charge in [0, 0.05) is 12.0 Å². The van der Waals surface area contributed by atoms with Crippen molar-refractivity contribution in [2.45, 2.75) is 20.3 Å². The Morgan fingerprint density at radius 3 is 2.75 bits per heavy atom. The lowest BCUT2D eigenvalue weighted by atomic mass is 10.1. The summed E-state index contributed by atoms with van der Waals surface area (Å²) in [4.78, 5) is 27.0. The Morgan fingerprint density at radius 1 is 1.40 bits per heavy atom. The molecule has 20 heavy (non-hydrogen) atoms. The molecule has 104 valence electrons. The van der Waals surface area contributed by atoms with Gasteiger partial charge in [0.1, 0.15) is 4.88 Å². The third-order valence-corrected chi connectivity index (χ3v) is 3.64. The summed E-state index contributed by atoms with van der Waals surface area (Å²) in [6.45, 7) is 3.65. The smallest absolute Gasteiger partial charge is 0.348 e. The standard InChI is InChI=1S/C14H14N2O3S/c1-3-10(17)15-14-16-11(12(20-14)13(18)19)9-6-4-5-8(2)7-9/h4-7H,3H2,1-2H3,(H,18,19)(H,15,16,17). The van der Waals surface area contributed by atoms with E-state index >= 15 is 0 Å². The minimum absolute atomic E-state index is 0.127. The van der Waals surface area contributed by atoms with Gasteiger partial charge in [-0.15, -0.1) is 0 Å². The molecule has 1 amide bonds. The van der Waals surface area contributed by atoms with Gasteiger partial charge in [0.05, 0.1) is 5.69 Å². The van der Waals surface area contributed by atoms with Crippen LogP contribution in [0.3, 0.4) is 0 Å². The van der Waals surface area contributed by atoms with Crippen molar-refractivity contribution in [1.82, 2.24) is 4.98 Å². The Bertz CT molecular complexity index is 664. The highest BCUT2D eigenvalue weighted by Gasteiger charge is 2.19. The van der Waals surface area contributed by atoms with Gasteiger partial charge in [-0.25, -0.2) is 9.78 Å². The molecule has 6 heteroatoms. The van der Waals surface area contributed by atoms with Crippen LogP contribution in [0.4, 0.5) is 5.13 Å². The first kappa shape index (κ1) is 14.2. The van der Waals surface area contributed by atoms with Gasteiger partial charge in [0.15, 0.2) is 5.13 Å². The van der Waals surface area contributed by atoms with E-state index in [4.69, 9.17) is 0 Å². The fraction of sp³-hybridized carbons (Fsp3) is 0.214. The quantitative estimate of drug-likeness (QED) is 0.906. The van der Waals surface area contributed by atoms with Gasteiger partial charge in [-0.1, -0.05) is 42.0 Å². The van der Waals surface area contributed by atoms with Gasteiger partial charge in [0.25, 0.3) is 0 Å². The third-order valence-electron chi connectivity index (χ3n) is 2.68. The average Bonchev–Trinajstić information content (AvgIpc) is 2.82. The molecule has 0 aliphatic heterocycles. The van der Waals surface area contributed by atoms with Gasteiger partial charge < -0.3 is 10.4 Å². The maximum atomic E-state index is 11.4. The van der Waals surface area contributed by atoms with Crippen LogP contribution in [-0.2, 0) is 4.79 Å². The highest BCUT2D eigenvalue weighted by molar-refractivity contribution is 7.18. The Balaban J connectivity index is 2.46. The topological polar surface area (TPSA) is 79.3 Å². The Hall–Kier alpha value is -2.21. The molecule has 0 bridgehead atoms. The minimum Gasteiger partial charge on any atom is -0.477 e. The van der Waals surface area contributed by atoms with Gasteiger partial charge in [-0.2, -0.15) is 0 Å². The Labute approximate surface area is 120 Å². The number of carboxylic acid groups (broad SMARTS) is 1. The minimum atomic E-state index is -1.05. The van der Waals surface area contributed by atoms with Crippen LogP contribution in [0, 0.1) is 6.92 Å². The molecule has 2 rings (SSSR count). The second-order valence-corrected chi connectivity index (χ2v) is 5.27. The molecular formula is C14H14N2O3S. The van der Waals surface area contributed by atoms with E-state index in [2.05, 4.69) is 10.3 Å². The van der Waals surface area contributed by atoms with Crippen molar-refractivity contribution in [2.75, 3.05) is 5.32 Å². The van der Waals surface area contributed by atoms with Crippen LogP contribution in [0.15, 0.2) is 24.3 Å². The van der Waals surface area contributed by atoms with E-state index in [0.29, 0.717) is 17.2 Å². The lowest BCUT2D eigenvalue weighted by molar-refractivity contribution is -0.115. The molecule has 2 aromatic rings. The number of benzene rings is 1. The number of nitrogens with one attached hydrogen (secondary N) is 1. The first-order valence-corrected chi connectivity index (χ1v) is 6.94. The number of nitrogens with zero attached hydrogens (tertiary/aromatic N) is 1. The summed E-state index contributed by atoms with van der Waals surface area (Å²) in [6.07, 6.45) is 0.321. The number of hydrogen-bond acceptors (Lipinski definition) is 4. The van der Waals surface area contributed by atoms with Crippen LogP contribution < -0.4 is 5.32 Å². The van der Waals surface area contributed by atoms with E-state index in [-0.39, 0.29) is 10.8 Å². The molecule has 0 aliphatic carbocycles. The first-order valence-electron chi connectivity index (χ1n) is 6.12. The molecule has 0 unspecified atom stereocenters. The average molecular weight is 290 g/mol. The monoisotopic (exact) mass is 290 g/mol. The van der Waals surface area contributed by atoms with E-state index in [9.17, 15) is 14.7 Å². The third kappa shape index (κ3) is 3.03. The molecule has 0 saturated carbocycles. The number of hydrogen-bond donors (Lipinski definition) is 2. The zero-order valence-electron chi connectivity index (χ0n) is 11.1. The molecule has 0 fully saturated rings. The maximum absolute atomic E-state index is 11.4. The second kappa shape index (κ2) is 5.83. The molecule has 0 aliphatic rings. The van der Waals surface area contributed by atoms with Crippen LogP contribution in [-0.4, -0.2) is 22.0 Å². The predicted octanol–water partition coefficient (Wildman–Crippen LogP) is 3.17. The molecule has 1 heterocycles. The summed E-state index contributed by atoms with van der Waals surface area (Å²) in [7, 11) is 0. The SMILES string of the molecule is CCC(=O)Nc1nc(-c2cccc(C)c2)c(C(=O)O)s1. The summed E-state index contributed by atoms with van der Waals surface area (Å²) in [5.41, 5.74) is 2.14. The molecule has 0 saturated heterocycles. The lowest BCUT2D eigenvalue weighted by Crippen LogP contribution is -2.08. The van der Waals surface area contributed by atoms with Crippen LogP contribution in [0.5, 0.6) is 0 Å². The number of aromatic nitrogens is 1. The van der Waals surface area contributed by atoms with Crippen LogP contribution in [0.1, 0.15) is 28.6 Å². The van der Waals surface area contributed by atoms with Crippen molar-refractivity contribution in [3.63, 3.8) is 0 Å². The number of carbonyl (C=O) groups excluding carboxylic acids is 1. The summed E-state index contributed by atoms with van der Waals surface area (Å²) in [5.74, 6) is -1.23. The molecule has 2 N–H and O–H groups in total. The van der Waals surface area contributed by atoms with E-state index in [1.54, 1.807) is 13.0 Å². The Kier molecular flexibility index (Phi) is 4.14. The molecule has 1 aromatic carbocycles. The normalized spacial score (nSPS) is 10.3. The van der Waals surface area contributed by atoms with E-state index in [1.165, 1.54) is 0 Å². The van der Waals surface area contributed by atoms with Gasteiger partial charge in [0.2, 0.25) is 5.91 Å². The predicted molar refractivity (Wildman–Crippen MR) is 78.2 cm³/mol. The zero-order valence-corrected chi connectivity index (χ0v) is 12.0. The molecule has 0 radical (unpaired) electrons. The van der Waals surface area contributed by atoms with E-state index in [0.717, 1.165) is 22.5 Å². The summed E-state index contributed by atoms with van der Waals surface area (Å²) in [5, 5.41) is 12.2. The highest BCUT2D eigenvalue weighted by Crippen LogP contribution is 2.31. The lowest BCUT2D eigenvalue weighted by Gasteiger charge is -2.00. The van der Waals surface area contributed by atoms with Crippen LogP contribution in [0.2, 0.25) is 0 Å². The number of aryl methyl sites for hydroxylation is 1. The van der Waals surface area contributed by atoms with Crippen molar-refractivity contribution in [3.05, 3.63) is 34.7 Å². The second-order valence-electron chi connectivity index (χ2n) is 4.27. The molecule has 1 aromatic heterocycles. The van der Waals surface area contributed by atoms with Crippen LogP contribution >= 0.6 is 11.3 Å². The fourth-order valence-corrected chi connectivity index (χ4v) is 2.56. The van der Waals surface area contributed by atoms with Gasteiger partial charge in [-0.05, 0) is 13.0 Å². The number of carbonyl (C=O) groups is 2. The molecule has 0 spiro atoms. The van der Waals surface area contributed by atoms with E-state index in [1.807, 2.05) is 25.1 Å². The molecule has 0 atom stereocenters. The number of amides is 1. The summed E-state index contributed by atoms with van der Waals surface area (Å²) < 4.78 is 0. The fourth-order valence-electron chi connectivity index (χ4n) is 1.71. The first-order chi connectivity index (χ1) is 9.51. The van der Waals surface area contributed by atoms with Crippen molar-refractivity contribution in [1.29, 1.82) is 0 Å². The van der Waals surface area contributed by atoms with Crippen molar-refractivity contribution in [3.8, 4) is 11.3 Å². The summed E-state index contributed by atoms with van der Waals surface area (Å²) in [6, 6.07) is 7.45.